The summed E-state index contributed by atoms with van der Waals surface area (Å²) in [7, 11) is 1.71. The first-order valence-corrected chi connectivity index (χ1v) is 9.30. The molecule has 4 rings (SSSR count). The summed E-state index contributed by atoms with van der Waals surface area (Å²) in [5.41, 5.74) is 8.30. The largest absolute Gasteiger partial charge is 0.497 e. The summed E-state index contributed by atoms with van der Waals surface area (Å²) in [5, 5.41) is 0.921. The van der Waals surface area contributed by atoms with Crippen LogP contribution in [0.25, 0.3) is 10.9 Å². The highest BCUT2D eigenvalue weighted by Gasteiger charge is 2.18. The van der Waals surface area contributed by atoms with Crippen molar-refractivity contribution < 1.29 is 4.74 Å². The second-order valence-electron chi connectivity index (χ2n) is 6.95. The molecule has 2 N–H and O–H groups in total. The molecule has 1 aromatic heterocycles. The summed E-state index contributed by atoms with van der Waals surface area (Å²) in [5.74, 6) is 2.27. The van der Waals surface area contributed by atoms with E-state index in [-0.39, 0.29) is 0 Å². The fourth-order valence-corrected chi connectivity index (χ4v) is 3.56. The van der Waals surface area contributed by atoms with E-state index in [0.717, 1.165) is 61.7 Å². The molecule has 0 bridgehead atoms. The number of methoxy groups -OCH3 is 1. The van der Waals surface area contributed by atoms with E-state index < -0.39 is 0 Å². The van der Waals surface area contributed by atoms with Gasteiger partial charge in [0, 0.05) is 38.1 Å². The molecule has 0 aliphatic carbocycles. The minimum atomic E-state index is 0.562. The lowest BCUT2D eigenvalue weighted by atomic mass is 10.2. The summed E-state index contributed by atoms with van der Waals surface area (Å²) < 4.78 is 5.32. The van der Waals surface area contributed by atoms with Crippen molar-refractivity contribution in [2.75, 3.05) is 39.0 Å². The first-order valence-electron chi connectivity index (χ1n) is 9.30. The second kappa shape index (κ2) is 7.90. The normalized spacial score (nSPS) is 15.9. The molecule has 0 saturated carbocycles. The molecule has 6 nitrogen and oxygen atoms in total. The number of hydrogen-bond donors (Lipinski definition) is 1. The molecule has 0 radical (unpaired) electrons. The quantitative estimate of drug-likeness (QED) is 0.751. The van der Waals surface area contributed by atoms with Gasteiger partial charge >= 0.3 is 0 Å². The smallest absolute Gasteiger partial charge is 0.145 e. The number of fused-ring (bicyclic) bond motifs is 1. The maximum Gasteiger partial charge on any atom is 0.145 e. The van der Waals surface area contributed by atoms with Crippen molar-refractivity contribution in [2.45, 2.75) is 13.1 Å². The van der Waals surface area contributed by atoms with Gasteiger partial charge in [0.05, 0.1) is 19.2 Å². The van der Waals surface area contributed by atoms with Crippen molar-refractivity contribution in [3.8, 4) is 5.75 Å². The number of anilines is 1. The molecule has 1 saturated heterocycles. The average molecular weight is 363 g/mol. The Balaban J connectivity index is 1.35. The summed E-state index contributed by atoms with van der Waals surface area (Å²) in [6, 6.07) is 16.2. The molecule has 1 aliphatic rings. The van der Waals surface area contributed by atoms with Crippen LogP contribution < -0.4 is 10.5 Å². The average Bonchev–Trinajstić information content (AvgIpc) is 2.70. The number of para-hydroxylation sites is 1. The molecule has 3 aromatic rings. The van der Waals surface area contributed by atoms with Gasteiger partial charge in [-0.05, 0) is 29.8 Å². The maximum absolute atomic E-state index is 6.11. The van der Waals surface area contributed by atoms with Crippen LogP contribution in [0.2, 0.25) is 0 Å². The van der Waals surface area contributed by atoms with E-state index in [9.17, 15) is 0 Å². The first kappa shape index (κ1) is 17.7. The van der Waals surface area contributed by atoms with Gasteiger partial charge in [-0.2, -0.15) is 0 Å². The minimum absolute atomic E-state index is 0.562. The number of nitrogens with two attached hydrogens (primary N) is 1. The molecule has 0 amide bonds. The van der Waals surface area contributed by atoms with E-state index in [1.807, 2.05) is 36.4 Å². The highest BCUT2D eigenvalue weighted by atomic mass is 16.5. The SMILES string of the molecule is COc1cccc(CN2CCN(Cc3nc(N)c4ccccc4n3)CC2)c1. The number of aromatic nitrogens is 2. The van der Waals surface area contributed by atoms with Gasteiger partial charge < -0.3 is 10.5 Å². The zero-order chi connectivity index (χ0) is 18.6. The highest BCUT2D eigenvalue weighted by molar-refractivity contribution is 5.87. The van der Waals surface area contributed by atoms with Crippen LogP contribution in [-0.2, 0) is 13.1 Å². The standard InChI is InChI=1S/C21H25N5O/c1-27-17-6-4-5-16(13-17)14-25-9-11-26(12-10-25)15-20-23-19-8-3-2-7-18(19)21(22)24-20/h2-8,13H,9-12,14-15H2,1H3,(H2,22,23,24). The van der Waals surface area contributed by atoms with Gasteiger partial charge in [-0.25, -0.2) is 9.97 Å². The van der Waals surface area contributed by atoms with Crippen LogP contribution in [-0.4, -0.2) is 53.1 Å². The van der Waals surface area contributed by atoms with Crippen molar-refractivity contribution >= 4 is 16.7 Å². The number of nitrogen functional groups attached to an aromatic ring is 1. The van der Waals surface area contributed by atoms with Crippen LogP contribution >= 0.6 is 0 Å². The summed E-state index contributed by atoms with van der Waals surface area (Å²) in [4.78, 5) is 14.0. The lowest BCUT2D eigenvalue weighted by Gasteiger charge is -2.34. The third kappa shape index (κ3) is 4.18. The van der Waals surface area contributed by atoms with Crippen molar-refractivity contribution in [3.05, 3.63) is 59.9 Å². The van der Waals surface area contributed by atoms with Gasteiger partial charge in [0.2, 0.25) is 0 Å². The van der Waals surface area contributed by atoms with Gasteiger partial charge in [0.25, 0.3) is 0 Å². The van der Waals surface area contributed by atoms with E-state index in [1.165, 1.54) is 5.56 Å². The van der Waals surface area contributed by atoms with E-state index in [1.54, 1.807) is 7.11 Å². The molecule has 1 fully saturated rings. The third-order valence-electron chi connectivity index (χ3n) is 5.05. The molecule has 0 atom stereocenters. The van der Waals surface area contributed by atoms with Gasteiger partial charge in [-0.3, -0.25) is 9.80 Å². The molecule has 27 heavy (non-hydrogen) atoms. The molecular formula is C21H25N5O. The Kier molecular flexibility index (Phi) is 5.18. The third-order valence-corrected chi connectivity index (χ3v) is 5.05. The zero-order valence-electron chi connectivity index (χ0n) is 15.6. The molecule has 2 heterocycles. The summed E-state index contributed by atoms with van der Waals surface area (Å²) in [6.45, 7) is 5.74. The first-order chi connectivity index (χ1) is 13.2. The van der Waals surface area contributed by atoms with Crippen LogP contribution in [0.4, 0.5) is 5.82 Å². The Hall–Kier alpha value is -2.70. The van der Waals surface area contributed by atoms with Crippen LogP contribution in [0.5, 0.6) is 5.75 Å². The van der Waals surface area contributed by atoms with Crippen LogP contribution in [0.15, 0.2) is 48.5 Å². The second-order valence-corrected chi connectivity index (χ2v) is 6.95. The van der Waals surface area contributed by atoms with Gasteiger partial charge in [0.15, 0.2) is 0 Å². The number of benzene rings is 2. The topological polar surface area (TPSA) is 67.5 Å². The van der Waals surface area contributed by atoms with E-state index in [4.69, 9.17) is 10.5 Å². The Morgan fingerprint density at radius 2 is 1.67 bits per heavy atom. The minimum Gasteiger partial charge on any atom is -0.497 e. The van der Waals surface area contributed by atoms with Crippen LogP contribution in [0.3, 0.4) is 0 Å². The van der Waals surface area contributed by atoms with Crippen molar-refractivity contribution in [1.82, 2.24) is 19.8 Å². The molecule has 140 valence electrons. The number of ether oxygens (including phenoxy) is 1. The van der Waals surface area contributed by atoms with E-state index in [0.29, 0.717) is 5.82 Å². The van der Waals surface area contributed by atoms with Crippen molar-refractivity contribution in [3.63, 3.8) is 0 Å². The van der Waals surface area contributed by atoms with Gasteiger partial charge in [-0.1, -0.05) is 24.3 Å². The molecule has 2 aromatic carbocycles. The molecule has 6 heteroatoms. The number of piperazine rings is 1. The maximum atomic E-state index is 6.11. The molecule has 0 spiro atoms. The van der Waals surface area contributed by atoms with Gasteiger partial charge in [0.1, 0.15) is 17.4 Å². The number of hydrogen-bond acceptors (Lipinski definition) is 6. The van der Waals surface area contributed by atoms with Crippen molar-refractivity contribution in [1.29, 1.82) is 0 Å². The molecule has 0 unspecified atom stereocenters. The number of nitrogens with zero attached hydrogens (tertiary/aromatic N) is 4. The fourth-order valence-electron chi connectivity index (χ4n) is 3.56. The summed E-state index contributed by atoms with van der Waals surface area (Å²) >= 11 is 0. The van der Waals surface area contributed by atoms with Gasteiger partial charge in [-0.15, -0.1) is 0 Å². The Morgan fingerprint density at radius 3 is 2.44 bits per heavy atom. The predicted molar refractivity (Wildman–Crippen MR) is 107 cm³/mol. The highest BCUT2D eigenvalue weighted by Crippen LogP contribution is 2.19. The Morgan fingerprint density at radius 1 is 0.926 bits per heavy atom. The van der Waals surface area contributed by atoms with E-state index in [2.05, 4.69) is 31.9 Å². The van der Waals surface area contributed by atoms with Crippen LogP contribution in [0.1, 0.15) is 11.4 Å². The predicted octanol–water partition coefficient (Wildman–Crippen LogP) is 2.54. The molecular weight excluding hydrogens is 338 g/mol. The van der Waals surface area contributed by atoms with E-state index >= 15 is 0 Å². The lowest BCUT2D eigenvalue weighted by molar-refractivity contribution is 0.120. The Labute approximate surface area is 159 Å². The zero-order valence-corrected chi connectivity index (χ0v) is 15.6. The van der Waals surface area contributed by atoms with Crippen LogP contribution in [0, 0.1) is 0 Å². The molecule has 1 aliphatic heterocycles. The summed E-state index contributed by atoms with van der Waals surface area (Å²) in [6.07, 6.45) is 0. The lowest BCUT2D eigenvalue weighted by Crippen LogP contribution is -2.45. The number of rotatable bonds is 5. The Bertz CT molecular complexity index is 921. The van der Waals surface area contributed by atoms with Crippen molar-refractivity contribution in [2.24, 2.45) is 0 Å². The monoisotopic (exact) mass is 363 g/mol. The fraction of sp³-hybridized carbons (Fsp3) is 0.333.